The van der Waals surface area contributed by atoms with Crippen LogP contribution in [0.15, 0.2) is 18.2 Å². The Bertz CT molecular complexity index is 470. The van der Waals surface area contributed by atoms with Gasteiger partial charge >= 0.3 is 0 Å². The molecule has 4 heteroatoms. The SMILES string of the molecule is OCCN(c1ccc(CNC2CC2)cc1F)C1CCCC1. The van der Waals surface area contributed by atoms with Gasteiger partial charge < -0.3 is 15.3 Å². The van der Waals surface area contributed by atoms with E-state index in [-0.39, 0.29) is 12.4 Å². The molecule has 0 atom stereocenters. The van der Waals surface area contributed by atoms with E-state index in [0.717, 1.165) is 24.9 Å². The summed E-state index contributed by atoms with van der Waals surface area (Å²) >= 11 is 0. The van der Waals surface area contributed by atoms with Gasteiger partial charge in [0.2, 0.25) is 0 Å². The molecule has 0 bridgehead atoms. The van der Waals surface area contributed by atoms with Crippen molar-refractivity contribution >= 4 is 5.69 Å². The topological polar surface area (TPSA) is 35.5 Å². The van der Waals surface area contributed by atoms with Crippen LogP contribution in [0.25, 0.3) is 0 Å². The predicted molar refractivity (Wildman–Crippen MR) is 82.9 cm³/mol. The van der Waals surface area contributed by atoms with Crippen LogP contribution in [0.4, 0.5) is 10.1 Å². The van der Waals surface area contributed by atoms with Crippen LogP contribution in [0.2, 0.25) is 0 Å². The van der Waals surface area contributed by atoms with E-state index in [4.69, 9.17) is 0 Å². The van der Waals surface area contributed by atoms with Gasteiger partial charge in [0, 0.05) is 25.2 Å². The molecule has 2 N–H and O–H groups in total. The number of hydrogen-bond donors (Lipinski definition) is 2. The summed E-state index contributed by atoms with van der Waals surface area (Å²) in [6.07, 6.45) is 7.10. The van der Waals surface area contributed by atoms with Crippen LogP contribution in [0.1, 0.15) is 44.1 Å². The van der Waals surface area contributed by atoms with Crippen LogP contribution >= 0.6 is 0 Å². The molecule has 2 aliphatic rings. The molecule has 0 unspecified atom stereocenters. The van der Waals surface area contributed by atoms with Crippen molar-refractivity contribution in [2.75, 3.05) is 18.1 Å². The maximum absolute atomic E-state index is 14.5. The van der Waals surface area contributed by atoms with Crippen molar-refractivity contribution in [3.63, 3.8) is 0 Å². The molecule has 3 rings (SSSR count). The van der Waals surface area contributed by atoms with Crippen molar-refractivity contribution in [1.29, 1.82) is 0 Å². The van der Waals surface area contributed by atoms with Gasteiger partial charge in [0.05, 0.1) is 12.3 Å². The largest absolute Gasteiger partial charge is 0.395 e. The summed E-state index contributed by atoms with van der Waals surface area (Å²) < 4.78 is 14.5. The van der Waals surface area contributed by atoms with Gasteiger partial charge in [0.1, 0.15) is 5.82 Å². The first-order valence-corrected chi connectivity index (χ1v) is 8.17. The van der Waals surface area contributed by atoms with Crippen molar-refractivity contribution in [2.24, 2.45) is 0 Å². The summed E-state index contributed by atoms with van der Waals surface area (Å²) in [5.41, 5.74) is 1.64. The van der Waals surface area contributed by atoms with Crippen molar-refractivity contribution in [1.82, 2.24) is 5.32 Å². The van der Waals surface area contributed by atoms with Crippen molar-refractivity contribution in [3.05, 3.63) is 29.6 Å². The highest BCUT2D eigenvalue weighted by Gasteiger charge is 2.25. The first-order chi connectivity index (χ1) is 10.3. The lowest BCUT2D eigenvalue weighted by Gasteiger charge is -2.31. The van der Waals surface area contributed by atoms with E-state index in [9.17, 15) is 9.50 Å². The maximum atomic E-state index is 14.5. The minimum absolute atomic E-state index is 0.0704. The number of nitrogens with one attached hydrogen (secondary N) is 1. The van der Waals surface area contributed by atoms with E-state index in [1.54, 1.807) is 6.07 Å². The first-order valence-electron chi connectivity index (χ1n) is 8.17. The van der Waals surface area contributed by atoms with Crippen LogP contribution in [-0.2, 0) is 6.54 Å². The van der Waals surface area contributed by atoms with E-state index < -0.39 is 0 Å². The number of rotatable bonds is 7. The Hall–Kier alpha value is -1.13. The molecule has 2 aliphatic carbocycles. The zero-order chi connectivity index (χ0) is 14.7. The fourth-order valence-electron chi connectivity index (χ4n) is 3.27. The summed E-state index contributed by atoms with van der Waals surface area (Å²) in [5.74, 6) is -0.162. The molecule has 0 saturated heterocycles. The van der Waals surface area contributed by atoms with Crippen molar-refractivity contribution in [2.45, 2.75) is 57.2 Å². The van der Waals surface area contributed by atoms with Crippen LogP contribution < -0.4 is 10.2 Å². The highest BCUT2D eigenvalue weighted by Crippen LogP contribution is 2.30. The second kappa shape index (κ2) is 6.75. The van der Waals surface area contributed by atoms with Gasteiger partial charge in [-0.25, -0.2) is 4.39 Å². The van der Waals surface area contributed by atoms with Gasteiger partial charge in [-0.1, -0.05) is 18.9 Å². The van der Waals surface area contributed by atoms with Gasteiger partial charge in [0.25, 0.3) is 0 Å². The summed E-state index contributed by atoms with van der Waals surface area (Å²) in [7, 11) is 0. The van der Waals surface area contributed by atoms with Crippen LogP contribution in [0.3, 0.4) is 0 Å². The van der Waals surface area contributed by atoms with Crippen LogP contribution in [-0.4, -0.2) is 30.3 Å². The molecular weight excluding hydrogens is 267 g/mol. The second-order valence-electron chi connectivity index (χ2n) is 6.30. The van der Waals surface area contributed by atoms with E-state index in [0.29, 0.717) is 24.3 Å². The van der Waals surface area contributed by atoms with Gasteiger partial charge in [-0.05, 0) is 43.4 Å². The third kappa shape index (κ3) is 3.74. The zero-order valence-electron chi connectivity index (χ0n) is 12.5. The molecule has 1 aromatic carbocycles. The van der Waals surface area contributed by atoms with E-state index in [1.807, 2.05) is 12.1 Å². The first kappa shape index (κ1) is 14.8. The van der Waals surface area contributed by atoms with E-state index in [2.05, 4.69) is 10.2 Å². The van der Waals surface area contributed by atoms with Gasteiger partial charge in [-0.3, -0.25) is 0 Å². The summed E-state index contributed by atoms with van der Waals surface area (Å²) in [4.78, 5) is 2.06. The number of anilines is 1. The smallest absolute Gasteiger partial charge is 0.146 e. The highest BCUT2D eigenvalue weighted by molar-refractivity contribution is 5.50. The number of aliphatic hydroxyl groups is 1. The summed E-state index contributed by atoms with van der Waals surface area (Å²) in [5, 5.41) is 12.7. The fourth-order valence-corrected chi connectivity index (χ4v) is 3.27. The van der Waals surface area contributed by atoms with E-state index >= 15 is 0 Å². The lowest BCUT2D eigenvalue weighted by molar-refractivity contribution is 0.296. The second-order valence-corrected chi connectivity index (χ2v) is 6.30. The molecule has 116 valence electrons. The molecule has 0 amide bonds. The molecule has 2 saturated carbocycles. The molecular formula is C17H25FN2O. The average molecular weight is 292 g/mol. The monoisotopic (exact) mass is 292 g/mol. The zero-order valence-corrected chi connectivity index (χ0v) is 12.5. The molecule has 2 fully saturated rings. The fraction of sp³-hybridized carbons (Fsp3) is 0.647. The number of halogens is 1. The number of benzene rings is 1. The standard InChI is InChI=1S/C17H25FN2O/c18-16-11-13(12-19-14-6-7-14)5-8-17(16)20(9-10-21)15-3-1-2-4-15/h5,8,11,14-15,19,21H,1-4,6-7,9-10,12H2. The lowest BCUT2D eigenvalue weighted by atomic mass is 10.1. The molecule has 3 nitrogen and oxygen atoms in total. The summed E-state index contributed by atoms with van der Waals surface area (Å²) in [6, 6.07) is 6.55. The molecule has 1 aromatic rings. The summed E-state index contributed by atoms with van der Waals surface area (Å²) in [6.45, 7) is 1.33. The highest BCUT2D eigenvalue weighted by atomic mass is 19.1. The number of aliphatic hydroxyl groups excluding tert-OH is 1. The predicted octanol–water partition coefficient (Wildman–Crippen LogP) is 2.82. The third-order valence-corrected chi connectivity index (χ3v) is 4.60. The molecule has 0 aromatic heterocycles. The number of hydrogen-bond acceptors (Lipinski definition) is 3. The Kier molecular flexibility index (Phi) is 4.76. The van der Waals surface area contributed by atoms with Crippen molar-refractivity contribution in [3.8, 4) is 0 Å². The Morgan fingerprint density at radius 2 is 1.95 bits per heavy atom. The van der Waals surface area contributed by atoms with Crippen molar-refractivity contribution < 1.29 is 9.50 Å². The molecule has 21 heavy (non-hydrogen) atoms. The Balaban J connectivity index is 1.71. The molecule has 0 aliphatic heterocycles. The quantitative estimate of drug-likeness (QED) is 0.811. The van der Waals surface area contributed by atoms with Crippen LogP contribution in [0, 0.1) is 5.82 Å². The Morgan fingerprint density at radius 1 is 1.19 bits per heavy atom. The maximum Gasteiger partial charge on any atom is 0.146 e. The average Bonchev–Trinajstić information content (AvgIpc) is 3.16. The number of nitrogens with zero attached hydrogens (tertiary/aromatic N) is 1. The van der Waals surface area contributed by atoms with Gasteiger partial charge in [-0.2, -0.15) is 0 Å². The molecule has 0 spiro atoms. The minimum Gasteiger partial charge on any atom is -0.395 e. The Morgan fingerprint density at radius 3 is 2.57 bits per heavy atom. The van der Waals surface area contributed by atoms with Gasteiger partial charge in [0.15, 0.2) is 0 Å². The van der Waals surface area contributed by atoms with Crippen LogP contribution in [0.5, 0.6) is 0 Å². The van der Waals surface area contributed by atoms with E-state index in [1.165, 1.54) is 25.7 Å². The molecule has 0 radical (unpaired) electrons. The minimum atomic E-state index is -0.162. The third-order valence-electron chi connectivity index (χ3n) is 4.60. The normalized spacial score (nSPS) is 19.1. The Labute approximate surface area is 126 Å². The van der Waals surface area contributed by atoms with Gasteiger partial charge in [-0.15, -0.1) is 0 Å². The lowest BCUT2D eigenvalue weighted by Crippen LogP contribution is -2.36. The molecule has 0 heterocycles.